The first kappa shape index (κ1) is 24.5. The van der Waals surface area contributed by atoms with Gasteiger partial charge in [0.15, 0.2) is 11.8 Å². The molecule has 1 saturated heterocycles. The van der Waals surface area contributed by atoms with Gasteiger partial charge in [-0.2, -0.15) is 0 Å². The second kappa shape index (κ2) is 11.2. The van der Waals surface area contributed by atoms with Gasteiger partial charge in [0.2, 0.25) is 0 Å². The van der Waals surface area contributed by atoms with Crippen molar-refractivity contribution in [3.05, 3.63) is 94.1 Å². The zero-order chi connectivity index (χ0) is 24.8. The van der Waals surface area contributed by atoms with Crippen molar-refractivity contribution in [2.24, 2.45) is 4.99 Å². The molecule has 0 radical (unpaired) electrons. The fourth-order valence-electron chi connectivity index (χ4n) is 3.23. The second-order valence-electron chi connectivity index (χ2n) is 7.42. The van der Waals surface area contributed by atoms with Gasteiger partial charge in [-0.3, -0.25) is 14.5 Å². The highest BCUT2D eigenvalue weighted by Crippen LogP contribution is 2.35. The van der Waals surface area contributed by atoms with E-state index in [1.165, 1.54) is 23.9 Å². The molecule has 2 amide bonds. The van der Waals surface area contributed by atoms with Gasteiger partial charge >= 0.3 is 0 Å². The van der Waals surface area contributed by atoms with Crippen LogP contribution >= 0.6 is 23.4 Å². The molecule has 178 valence electrons. The van der Waals surface area contributed by atoms with Crippen molar-refractivity contribution in [1.29, 1.82) is 0 Å². The number of likely N-dealkylation sites (N-methyl/N-ethyl adjacent to an activating group) is 1. The van der Waals surface area contributed by atoms with Gasteiger partial charge in [0, 0.05) is 12.2 Å². The van der Waals surface area contributed by atoms with Crippen LogP contribution in [0.15, 0.2) is 82.7 Å². The first-order valence-electron chi connectivity index (χ1n) is 10.8. The van der Waals surface area contributed by atoms with Crippen molar-refractivity contribution in [1.82, 2.24) is 4.90 Å². The van der Waals surface area contributed by atoms with Crippen LogP contribution in [0.5, 0.6) is 5.75 Å². The Hall–Kier alpha value is -3.62. The summed E-state index contributed by atoms with van der Waals surface area (Å²) in [5.74, 6) is -0.472. The first-order valence-corrected chi connectivity index (χ1v) is 12.0. The van der Waals surface area contributed by atoms with Crippen LogP contribution in [-0.4, -0.2) is 35.0 Å². The summed E-state index contributed by atoms with van der Waals surface area (Å²) in [7, 11) is 0. The van der Waals surface area contributed by atoms with Gasteiger partial charge < -0.3 is 10.1 Å². The molecule has 1 aliphatic rings. The zero-order valence-electron chi connectivity index (χ0n) is 18.7. The number of hydrogen-bond donors (Lipinski definition) is 1. The van der Waals surface area contributed by atoms with Crippen LogP contribution in [0.2, 0.25) is 5.02 Å². The minimum atomic E-state index is -0.349. The van der Waals surface area contributed by atoms with E-state index < -0.39 is 0 Å². The van der Waals surface area contributed by atoms with Crippen LogP contribution in [0.3, 0.4) is 0 Å². The third-order valence-electron chi connectivity index (χ3n) is 4.93. The van der Waals surface area contributed by atoms with E-state index in [0.717, 1.165) is 0 Å². The van der Waals surface area contributed by atoms with Gasteiger partial charge in [0.1, 0.15) is 11.6 Å². The number of ether oxygens (including phenoxy) is 1. The van der Waals surface area contributed by atoms with E-state index >= 15 is 0 Å². The highest BCUT2D eigenvalue weighted by atomic mass is 35.5. The minimum Gasteiger partial charge on any atom is -0.482 e. The molecule has 0 aliphatic carbocycles. The number of carbonyl (C=O) groups is 2. The molecule has 0 aromatic heterocycles. The fourth-order valence-corrected chi connectivity index (χ4v) is 4.54. The molecule has 1 fully saturated rings. The summed E-state index contributed by atoms with van der Waals surface area (Å²) >= 11 is 7.59. The topological polar surface area (TPSA) is 71.0 Å². The van der Waals surface area contributed by atoms with Crippen LogP contribution < -0.4 is 10.1 Å². The number of nitrogens with zero attached hydrogens (tertiary/aromatic N) is 2. The highest BCUT2D eigenvalue weighted by molar-refractivity contribution is 8.18. The van der Waals surface area contributed by atoms with Gasteiger partial charge in [0.25, 0.3) is 11.8 Å². The number of para-hydroxylation sites is 1. The van der Waals surface area contributed by atoms with Crippen LogP contribution in [-0.2, 0) is 9.59 Å². The maximum absolute atomic E-state index is 13.2. The van der Waals surface area contributed by atoms with Crippen molar-refractivity contribution in [2.75, 3.05) is 18.5 Å². The molecular formula is C26H21ClFN3O3S. The first-order chi connectivity index (χ1) is 16.9. The quantitative estimate of drug-likeness (QED) is 0.389. The summed E-state index contributed by atoms with van der Waals surface area (Å²) in [4.78, 5) is 31.5. The molecule has 1 heterocycles. The maximum atomic E-state index is 13.2. The molecule has 6 nitrogen and oxygen atoms in total. The molecule has 1 aliphatic heterocycles. The van der Waals surface area contributed by atoms with Gasteiger partial charge in [-0.25, -0.2) is 9.38 Å². The van der Waals surface area contributed by atoms with Gasteiger partial charge in [-0.1, -0.05) is 35.9 Å². The molecule has 3 aromatic rings. The van der Waals surface area contributed by atoms with E-state index in [4.69, 9.17) is 16.3 Å². The molecular weight excluding hydrogens is 489 g/mol. The van der Waals surface area contributed by atoms with Crippen molar-refractivity contribution in [3.63, 3.8) is 0 Å². The summed E-state index contributed by atoms with van der Waals surface area (Å²) in [6.45, 7) is 2.11. The predicted octanol–water partition coefficient (Wildman–Crippen LogP) is 6.12. The molecule has 0 atom stereocenters. The van der Waals surface area contributed by atoms with Gasteiger partial charge in [0.05, 0.1) is 15.6 Å². The average molecular weight is 510 g/mol. The number of anilines is 1. The summed E-state index contributed by atoms with van der Waals surface area (Å²) in [6, 6.07) is 19.9. The average Bonchev–Trinajstić information content (AvgIpc) is 3.14. The second-order valence-corrected chi connectivity index (χ2v) is 8.84. The Balaban J connectivity index is 1.44. The number of hydrogen-bond acceptors (Lipinski definition) is 5. The summed E-state index contributed by atoms with van der Waals surface area (Å²) < 4.78 is 18.7. The smallest absolute Gasteiger partial charge is 0.266 e. The highest BCUT2D eigenvalue weighted by Gasteiger charge is 2.32. The van der Waals surface area contributed by atoms with E-state index in [2.05, 4.69) is 10.3 Å². The normalized spacial score (nSPS) is 15.6. The van der Waals surface area contributed by atoms with E-state index in [1.54, 1.807) is 53.4 Å². The third kappa shape index (κ3) is 6.29. The molecule has 0 saturated carbocycles. The van der Waals surface area contributed by atoms with E-state index in [-0.39, 0.29) is 24.2 Å². The van der Waals surface area contributed by atoms with Crippen molar-refractivity contribution >= 4 is 57.8 Å². The van der Waals surface area contributed by atoms with Gasteiger partial charge in [-0.15, -0.1) is 0 Å². The molecule has 0 unspecified atom stereocenters. The number of thioether (sulfide) groups is 1. The zero-order valence-corrected chi connectivity index (χ0v) is 20.3. The van der Waals surface area contributed by atoms with Crippen LogP contribution in [0.4, 0.5) is 15.8 Å². The number of nitrogens with one attached hydrogen (secondary N) is 1. The number of amides is 2. The number of halogens is 2. The molecule has 4 rings (SSSR count). The number of aliphatic imine (C=N–C) groups is 1. The maximum Gasteiger partial charge on any atom is 0.266 e. The lowest BCUT2D eigenvalue weighted by Gasteiger charge is -2.12. The summed E-state index contributed by atoms with van der Waals surface area (Å²) in [6.07, 6.45) is 1.72. The van der Waals surface area contributed by atoms with E-state index in [0.29, 0.717) is 44.3 Å². The molecule has 1 N–H and O–H groups in total. The Labute approximate surface area is 211 Å². The van der Waals surface area contributed by atoms with Crippen molar-refractivity contribution in [3.8, 4) is 5.75 Å². The molecule has 0 bridgehead atoms. The molecule has 35 heavy (non-hydrogen) atoms. The monoisotopic (exact) mass is 509 g/mol. The number of carbonyl (C=O) groups excluding carboxylic acids is 2. The Kier molecular flexibility index (Phi) is 7.84. The molecule has 0 spiro atoms. The largest absolute Gasteiger partial charge is 0.482 e. The summed E-state index contributed by atoms with van der Waals surface area (Å²) in [5.41, 5.74) is 1.93. The number of amidine groups is 1. The SMILES string of the molecule is CCN1C(=O)/C(=C\c2ccc(OCC(=O)Nc3ccccc3)c(Cl)c2)SC1=Nc1ccc(F)cc1. The third-order valence-corrected chi connectivity index (χ3v) is 6.23. The predicted molar refractivity (Wildman–Crippen MR) is 138 cm³/mol. The fraction of sp³-hybridized carbons (Fsp3) is 0.115. The minimum absolute atomic E-state index is 0.174. The van der Waals surface area contributed by atoms with E-state index in [9.17, 15) is 14.0 Å². The standard InChI is InChI=1S/C26H21ClFN3O3S/c1-2-31-25(33)23(35-26(31)30-20-11-9-18(28)10-12-20)15-17-8-13-22(21(27)14-17)34-16-24(32)29-19-6-4-3-5-7-19/h3-15H,2,16H2,1H3,(H,29,32)/b23-15+,30-26?. The lowest BCUT2D eigenvalue weighted by Crippen LogP contribution is -2.28. The van der Waals surface area contributed by atoms with Gasteiger partial charge in [-0.05, 0) is 78.9 Å². The Morgan fingerprint density at radius 1 is 1.14 bits per heavy atom. The lowest BCUT2D eigenvalue weighted by molar-refractivity contribution is -0.122. The molecule has 9 heteroatoms. The van der Waals surface area contributed by atoms with Crippen molar-refractivity contribution in [2.45, 2.75) is 6.92 Å². The Morgan fingerprint density at radius 3 is 2.57 bits per heavy atom. The van der Waals surface area contributed by atoms with Crippen molar-refractivity contribution < 1.29 is 18.7 Å². The summed E-state index contributed by atoms with van der Waals surface area (Å²) in [5, 5.41) is 3.57. The Morgan fingerprint density at radius 2 is 1.89 bits per heavy atom. The lowest BCUT2D eigenvalue weighted by atomic mass is 10.2. The van der Waals surface area contributed by atoms with Crippen LogP contribution in [0.1, 0.15) is 12.5 Å². The number of benzene rings is 3. The van der Waals surface area contributed by atoms with Crippen LogP contribution in [0.25, 0.3) is 6.08 Å². The Bertz CT molecular complexity index is 1300. The van der Waals surface area contributed by atoms with Crippen LogP contribution in [0, 0.1) is 5.82 Å². The molecule has 3 aromatic carbocycles. The van der Waals surface area contributed by atoms with E-state index in [1.807, 2.05) is 25.1 Å². The number of rotatable bonds is 7.